The Balaban J connectivity index is 1.74. The first-order chi connectivity index (χ1) is 11.2. The molecule has 0 amide bonds. The van der Waals surface area contributed by atoms with Crippen molar-refractivity contribution in [3.8, 4) is 0 Å². The molecule has 0 nitrogen and oxygen atoms in total. The summed E-state index contributed by atoms with van der Waals surface area (Å²) in [5.41, 5.74) is 7.12. The van der Waals surface area contributed by atoms with E-state index >= 15 is 0 Å². The number of hydrogen-bond donors (Lipinski definition) is 0. The van der Waals surface area contributed by atoms with Crippen molar-refractivity contribution < 1.29 is 0 Å². The maximum Gasteiger partial charge on any atom is 0.00274 e. The summed E-state index contributed by atoms with van der Waals surface area (Å²) in [6.45, 7) is 4.64. The molecule has 118 valence electrons. The minimum atomic E-state index is 0.486. The molecule has 0 radical (unpaired) electrons. The molecule has 3 aliphatic carbocycles. The summed E-state index contributed by atoms with van der Waals surface area (Å²) in [6.07, 6.45) is 10.7. The van der Waals surface area contributed by atoms with Gasteiger partial charge in [0.1, 0.15) is 0 Å². The second-order valence-corrected chi connectivity index (χ2v) is 8.42. The first kappa shape index (κ1) is 13.8. The minimum Gasteiger partial charge on any atom is -0.0850 e. The third-order valence-electron chi connectivity index (χ3n) is 6.89. The number of fused-ring (bicyclic) bond motifs is 6. The fourth-order valence-electron chi connectivity index (χ4n) is 5.81. The molecule has 0 aliphatic heterocycles. The van der Waals surface area contributed by atoms with Gasteiger partial charge in [-0.2, -0.15) is 0 Å². The van der Waals surface area contributed by atoms with Crippen LogP contribution in [0.2, 0.25) is 0 Å². The van der Waals surface area contributed by atoms with Crippen LogP contribution in [0.5, 0.6) is 0 Å². The van der Waals surface area contributed by atoms with Gasteiger partial charge >= 0.3 is 0 Å². The van der Waals surface area contributed by atoms with Gasteiger partial charge in [-0.3, -0.25) is 0 Å². The van der Waals surface area contributed by atoms with Crippen LogP contribution in [0.25, 0.3) is 10.8 Å². The Bertz CT molecular complexity index is 823. The van der Waals surface area contributed by atoms with E-state index in [-0.39, 0.29) is 0 Å². The fourth-order valence-corrected chi connectivity index (χ4v) is 5.81. The minimum absolute atomic E-state index is 0.486. The van der Waals surface area contributed by atoms with Gasteiger partial charge in [0.05, 0.1) is 0 Å². The number of hydrogen-bond acceptors (Lipinski definition) is 0. The first-order valence-corrected chi connectivity index (χ1v) is 9.41. The molecule has 0 saturated heterocycles. The topological polar surface area (TPSA) is 0 Å². The van der Waals surface area contributed by atoms with Crippen LogP contribution in [-0.4, -0.2) is 0 Å². The van der Waals surface area contributed by atoms with Crippen LogP contribution in [0.15, 0.2) is 42.0 Å². The van der Waals surface area contributed by atoms with E-state index in [1.165, 1.54) is 54.9 Å². The van der Waals surface area contributed by atoms with E-state index in [1.807, 2.05) is 0 Å². The predicted molar refractivity (Wildman–Crippen MR) is 98.1 cm³/mol. The van der Waals surface area contributed by atoms with Gasteiger partial charge in [-0.25, -0.2) is 0 Å². The third-order valence-corrected chi connectivity index (χ3v) is 6.89. The molecule has 1 spiro atoms. The molecule has 23 heavy (non-hydrogen) atoms. The van der Waals surface area contributed by atoms with Crippen LogP contribution < -0.4 is 0 Å². The molecular weight excluding hydrogens is 276 g/mol. The molecule has 5 rings (SSSR count). The molecule has 2 bridgehead atoms. The third kappa shape index (κ3) is 1.84. The fraction of sp³-hybridized carbons (Fsp3) is 0.478. The van der Waals surface area contributed by atoms with Crippen molar-refractivity contribution in [2.45, 2.75) is 63.7 Å². The van der Waals surface area contributed by atoms with Gasteiger partial charge < -0.3 is 0 Å². The number of aryl methyl sites for hydroxylation is 1. The Kier molecular flexibility index (Phi) is 2.84. The lowest BCUT2D eigenvalue weighted by atomic mass is 9.62. The van der Waals surface area contributed by atoms with Gasteiger partial charge in [-0.05, 0) is 77.8 Å². The Hall–Kier alpha value is -1.56. The zero-order chi connectivity index (χ0) is 15.6. The molecule has 2 unspecified atom stereocenters. The maximum atomic E-state index is 2.58. The van der Waals surface area contributed by atoms with Crippen molar-refractivity contribution in [3.05, 3.63) is 58.7 Å². The predicted octanol–water partition coefficient (Wildman–Crippen LogP) is 6.28. The Morgan fingerprint density at radius 1 is 1.17 bits per heavy atom. The van der Waals surface area contributed by atoms with Crippen molar-refractivity contribution in [2.24, 2.45) is 5.92 Å². The Labute approximate surface area is 139 Å². The summed E-state index contributed by atoms with van der Waals surface area (Å²) in [6, 6.07) is 12.0. The quantitative estimate of drug-likeness (QED) is 0.544. The highest BCUT2D eigenvalue weighted by molar-refractivity contribution is 5.88. The normalized spacial score (nSPS) is 28.7. The van der Waals surface area contributed by atoms with Gasteiger partial charge in [0.15, 0.2) is 0 Å². The van der Waals surface area contributed by atoms with Crippen LogP contribution in [0.3, 0.4) is 0 Å². The highest BCUT2D eigenvalue weighted by Crippen LogP contribution is 2.59. The maximum absolute atomic E-state index is 2.58. The van der Waals surface area contributed by atoms with Crippen LogP contribution in [0, 0.1) is 5.92 Å². The lowest BCUT2D eigenvalue weighted by Gasteiger charge is -2.42. The van der Waals surface area contributed by atoms with Crippen molar-refractivity contribution >= 4 is 10.8 Å². The van der Waals surface area contributed by atoms with E-state index in [0.29, 0.717) is 11.3 Å². The number of benzene rings is 2. The van der Waals surface area contributed by atoms with Gasteiger partial charge in [-0.15, -0.1) is 0 Å². The number of rotatable bonds is 1. The lowest BCUT2D eigenvalue weighted by molar-refractivity contribution is 0.270. The van der Waals surface area contributed by atoms with E-state index in [2.05, 4.69) is 50.3 Å². The average Bonchev–Trinajstić information content (AvgIpc) is 3.14. The highest BCUT2D eigenvalue weighted by Gasteiger charge is 2.49. The van der Waals surface area contributed by atoms with Gasteiger partial charge in [0, 0.05) is 5.41 Å². The molecule has 0 aromatic heterocycles. The lowest BCUT2D eigenvalue weighted by Crippen LogP contribution is -2.35. The monoisotopic (exact) mass is 302 g/mol. The molecular formula is C23H26. The second-order valence-electron chi connectivity index (χ2n) is 8.42. The summed E-state index contributed by atoms with van der Waals surface area (Å²) in [5, 5.41) is 2.97. The van der Waals surface area contributed by atoms with Crippen molar-refractivity contribution in [2.75, 3.05) is 0 Å². The summed E-state index contributed by atoms with van der Waals surface area (Å²) in [7, 11) is 0. The van der Waals surface area contributed by atoms with Gasteiger partial charge in [-0.1, -0.05) is 55.8 Å². The largest absolute Gasteiger partial charge is 0.0850 e. The van der Waals surface area contributed by atoms with Gasteiger partial charge in [0.25, 0.3) is 0 Å². The molecule has 3 aliphatic rings. The van der Waals surface area contributed by atoms with Crippen molar-refractivity contribution in [1.29, 1.82) is 0 Å². The molecule has 0 heteroatoms. The van der Waals surface area contributed by atoms with Crippen molar-refractivity contribution in [3.63, 3.8) is 0 Å². The molecule has 0 heterocycles. The Morgan fingerprint density at radius 3 is 2.83 bits per heavy atom. The summed E-state index contributed by atoms with van der Waals surface area (Å²) in [4.78, 5) is 0. The number of allylic oxidation sites excluding steroid dienone is 2. The van der Waals surface area contributed by atoms with E-state index < -0.39 is 0 Å². The van der Waals surface area contributed by atoms with E-state index in [1.54, 1.807) is 16.7 Å². The molecule has 2 atom stereocenters. The molecule has 1 fully saturated rings. The SMILES string of the molecule is CC(C)c1cccc2cc3c(cc12)CCCC31CC2=CCC1C2. The van der Waals surface area contributed by atoms with Crippen LogP contribution in [0.1, 0.15) is 68.6 Å². The summed E-state index contributed by atoms with van der Waals surface area (Å²) in [5.74, 6) is 1.49. The average molecular weight is 302 g/mol. The smallest absolute Gasteiger partial charge is 0.00274 e. The van der Waals surface area contributed by atoms with Crippen LogP contribution >= 0.6 is 0 Å². The zero-order valence-corrected chi connectivity index (χ0v) is 14.4. The molecule has 1 saturated carbocycles. The molecule has 2 aromatic rings. The first-order valence-electron chi connectivity index (χ1n) is 9.41. The van der Waals surface area contributed by atoms with Crippen LogP contribution in [0.4, 0.5) is 0 Å². The van der Waals surface area contributed by atoms with Gasteiger partial charge in [0.2, 0.25) is 0 Å². The summed E-state index contributed by atoms with van der Waals surface area (Å²) < 4.78 is 0. The highest BCUT2D eigenvalue weighted by atomic mass is 14.5. The zero-order valence-electron chi connectivity index (χ0n) is 14.4. The Morgan fingerprint density at radius 2 is 2.09 bits per heavy atom. The summed E-state index contributed by atoms with van der Waals surface area (Å²) >= 11 is 0. The van der Waals surface area contributed by atoms with E-state index in [9.17, 15) is 0 Å². The van der Waals surface area contributed by atoms with Crippen LogP contribution in [-0.2, 0) is 11.8 Å². The van der Waals surface area contributed by atoms with Crippen molar-refractivity contribution in [1.82, 2.24) is 0 Å². The molecule has 2 aromatic carbocycles. The second kappa shape index (κ2) is 4.72. The molecule has 0 N–H and O–H groups in total. The van der Waals surface area contributed by atoms with E-state index in [4.69, 9.17) is 0 Å². The standard InChI is InChI=1S/C23H26/c1-15(2)20-7-3-5-17-13-22-18(12-21(17)20)6-4-10-23(22)14-16-8-9-19(23)11-16/h3,5,7-8,12-13,15,19H,4,6,9-11,14H2,1-2H3. The van der Waals surface area contributed by atoms with E-state index in [0.717, 1.165) is 5.92 Å².